The predicted octanol–water partition coefficient (Wildman–Crippen LogP) is 3.14. The molecular formula is C18H35IN4O. The van der Waals surface area contributed by atoms with Crippen molar-refractivity contribution < 1.29 is 4.79 Å². The first-order valence-electron chi connectivity index (χ1n) is 9.59. The van der Waals surface area contributed by atoms with Crippen molar-refractivity contribution in [3.05, 3.63) is 0 Å². The molecular weight excluding hydrogens is 415 g/mol. The molecule has 1 saturated carbocycles. The molecule has 0 atom stereocenters. The van der Waals surface area contributed by atoms with Gasteiger partial charge in [-0.3, -0.25) is 9.79 Å². The summed E-state index contributed by atoms with van der Waals surface area (Å²) in [5, 5.41) is 6.78. The lowest BCUT2D eigenvalue weighted by molar-refractivity contribution is -0.127. The van der Waals surface area contributed by atoms with Gasteiger partial charge in [0.25, 0.3) is 0 Å². The van der Waals surface area contributed by atoms with E-state index in [0.717, 1.165) is 63.9 Å². The Morgan fingerprint density at radius 2 is 2.00 bits per heavy atom. The van der Waals surface area contributed by atoms with Crippen LogP contribution in [0.15, 0.2) is 4.99 Å². The average Bonchev–Trinajstić information content (AvgIpc) is 2.97. The molecule has 1 aliphatic carbocycles. The Balaban J connectivity index is 0.00000288. The molecule has 2 aliphatic rings. The lowest BCUT2D eigenvalue weighted by Crippen LogP contribution is -2.38. The maximum Gasteiger partial charge on any atom is 0.222 e. The molecule has 24 heavy (non-hydrogen) atoms. The SMILES string of the molecule is CCNC(=NCCCN1CCCC1=O)NCCC1CCCCC1.I. The third-order valence-electron chi connectivity index (χ3n) is 4.94. The summed E-state index contributed by atoms with van der Waals surface area (Å²) in [7, 11) is 0. The minimum absolute atomic E-state index is 0. The fourth-order valence-corrected chi connectivity index (χ4v) is 3.61. The number of hydrogen-bond acceptors (Lipinski definition) is 2. The van der Waals surface area contributed by atoms with Crippen LogP contribution in [0.5, 0.6) is 0 Å². The van der Waals surface area contributed by atoms with E-state index in [4.69, 9.17) is 0 Å². The van der Waals surface area contributed by atoms with Crippen molar-refractivity contribution in [1.29, 1.82) is 0 Å². The van der Waals surface area contributed by atoms with Crippen molar-refractivity contribution in [2.24, 2.45) is 10.9 Å². The molecule has 5 nitrogen and oxygen atoms in total. The zero-order valence-corrected chi connectivity index (χ0v) is 17.5. The quantitative estimate of drug-likeness (QED) is 0.259. The third kappa shape index (κ3) is 8.03. The van der Waals surface area contributed by atoms with Crippen LogP contribution in [0.25, 0.3) is 0 Å². The molecule has 2 rings (SSSR count). The lowest BCUT2D eigenvalue weighted by Gasteiger charge is -2.22. The predicted molar refractivity (Wildman–Crippen MR) is 111 cm³/mol. The fraction of sp³-hybridized carbons (Fsp3) is 0.889. The molecule has 0 aromatic carbocycles. The Hall–Kier alpha value is -0.530. The zero-order chi connectivity index (χ0) is 16.3. The van der Waals surface area contributed by atoms with Crippen LogP contribution in [0.3, 0.4) is 0 Å². The second-order valence-electron chi connectivity index (χ2n) is 6.82. The highest BCUT2D eigenvalue weighted by Crippen LogP contribution is 2.25. The maximum atomic E-state index is 11.6. The largest absolute Gasteiger partial charge is 0.357 e. The molecule has 6 heteroatoms. The van der Waals surface area contributed by atoms with Crippen LogP contribution in [0.1, 0.15) is 64.7 Å². The number of likely N-dealkylation sites (tertiary alicyclic amines) is 1. The normalized spacial score (nSPS) is 19.3. The van der Waals surface area contributed by atoms with Gasteiger partial charge in [-0.2, -0.15) is 0 Å². The van der Waals surface area contributed by atoms with Gasteiger partial charge in [-0.15, -0.1) is 24.0 Å². The van der Waals surface area contributed by atoms with Gasteiger partial charge in [0, 0.05) is 39.1 Å². The van der Waals surface area contributed by atoms with Crippen LogP contribution < -0.4 is 10.6 Å². The first-order chi connectivity index (χ1) is 11.3. The smallest absolute Gasteiger partial charge is 0.222 e. The molecule has 2 fully saturated rings. The topological polar surface area (TPSA) is 56.7 Å². The Morgan fingerprint density at radius 1 is 1.21 bits per heavy atom. The summed E-state index contributed by atoms with van der Waals surface area (Å²) in [6, 6.07) is 0. The number of carbonyl (C=O) groups excluding carboxylic acids is 1. The van der Waals surface area contributed by atoms with Crippen LogP contribution in [0.2, 0.25) is 0 Å². The van der Waals surface area contributed by atoms with Crippen LogP contribution >= 0.6 is 24.0 Å². The molecule has 1 aliphatic heterocycles. The molecule has 140 valence electrons. The van der Waals surface area contributed by atoms with Crippen molar-refractivity contribution >= 4 is 35.8 Å². The van der Waals surface area contributed by atoms with Crippen LogP contribution in [-0.4, -0.2) is 49.5 Å². The monoisotopic (exact) mass is 450 g/mol. The van der Waals surface area contributed by atoms with Gasteiger partial charge >= 0.3 is 0 Å². The standard InChI is InChI=1S/C18H34N4O.HI/c1-2-19-18(21-13-11-16-8-4-3-5-9-16)20-12-7-15-22-14-6-10-17(22)23;/h16H,2-15H2,1H3,(H2,19,20,21);1H. The summed E-state index contributed by atoms with van der Waals surface area (Å²) < 4.78 is 0. The van der Waals surface area contributed by atoms with Crippen LogP contribution in [-0.2, 0) is 4.79 Å². The number of amides is 1. The summed E-state index contributed by atoms with van der Waals surface area (Å²) in [5.41, 5.74) is 0. The van der Waals surface area contributed by atoms with Crippen molar-refractivity contribution in [3.63, 3.8) is 0 Å². The average molecular weight is 450 g/mol. The number of aliphatic imine (C=N–C) groups is 1. The molecule has 1 saturated heterocycles. The summed E-state index contributed by atoms with van der Waals surface area (Å²) in [5.74, 6) is 2.14. The van der Waals surface area contributed by atoms with E-state index in [0.29, 0.717) is 5.91 Å². The van der Waals surface area contributed by atoms with Crippen LogP contribution in [0.4, 0.5) is 0 Å². The van der Waals surface area contributed by atoms with Crippen molar-refractivity contribution in [2.75, 3.05) is 32.7 Å². The Kier molecular flexibility index (Phi) is 11.5. The van der Waals surface area contributed by atoms with Gasteiger partial charge in [0.2, 0.25) is 5.91 Å². The number of nitrogens with one attached hydrogen (secondary N) is 2. The van der Waals surface area contributed by atoms with Gasteiger partial charge in [-0.25, -0.2) is 0 Å². The molecule has 1 heterocycles. The first-order valence-corrected chi connectivity index (χ1v) is 9.59. The van der Waals surface area contributed by atoms with Crippen molar-refractivity contribution in [1.82, 2.24) is 15.5 Å². The zero-order valence-electron chi connectivity index (χ0n) is 15.2. The number of halogens is 1. The minimum atomic E-state index is 0. The Labute approximate surface area is 164 Å². The highest BCUT2D eigenvalue weighted by Gasteiger charge is 2.18. The number of rotatable bonds is 8. The molecule has 0 radical (unpaired) electrons. The summed E-state index contributed by atoms with van der Waals surface area (Å²) in [6.45, 7) is 6.57. The van der Waals surface area contributed by atoms with Crippen molar-refractivity contribution in [3.8, 4) is 0 Å². The van der Waals surface area contributed by atoms with Crippen LogP contribution in [0, 0.1) is 5.92 Å². The highest BCUT2D eigenvalue weighted by atomic mass is 127. The van der Waals surface area contributed by atoms with E-state index in [1.807, 2.05) is 4.90 Å². The van der Waals surface area contributed by atoms with E-state index in [1.165, 1.54) is 38.5 Å². The summed E-state index contributed by atoms with van der Waals surface area (Å²) in [4.78, 5) is 18.2. The van der Waals surface area contributed by atoms with E-state index in [2.05, 4.69) is 22.5 Å². The molecule has 0 aromatic heterocycles. The Morgan fingerprint density at radius 3 is 2.67 bits per heavy atom. The number of carbonyl (C=O) groups is 1. The van der Waals surface area contributed by atoms with Gasteiger partial charge in [0.1, 0.15) is 0 Å². The van der Waals surface area contributed by atoms with Gasteiger partial charge < -0.3 is 15.5 Å². The van der Waals surface area contributed by atoms with E-state index in [1.54, 1.807) is 0 Å². The summed E-state index contributed by atoms with van der Waals surface area (Å²) in [6.07, 6.45) is 11.0. The maximum absolute atomic E-state index is 11.6. The second kappa shape index (κ2) is 12.8. The lowest BCUT2D eigenvalue weighted by atomic mass is 9.87. The number of nitrogens with zero attached hydrogens (tertiary/aromatic N) is 2. The fourth-order valence-electron chi connectivity index (χ4n) is 3.61. The Bertz CT molecular complexity index is 383. The molecule has 0 aromatic rings. The molecule has 0 unspecified atom stereocenters. The molecule has 0 bridgehead atoms. The van der Waals surface area contributed by atoms with E-state index >= 15 is 0 Å². The summed E-state index contributed by atoms with van der Waals surface area (Å²) >= 11 is 0. The molecule has 2 N–H and O–H groups in total. The second-order valence-corrected chi connectivity index (χ2v) is 6.82. The van der Waals surface area contributed by atoms with Gasteiger partial charge in [-0.1, -0.05) is 32.1 Å². The van der Waals surface area contributed by atoms with E-state index < -0.39 is 0 Å². The molecule has 1 amide bonds. The van der Waals surface area contributed by atoms with Gasteiger partial charge in [-0.05, 0) is 32.1 Å². The third-order valence-corrected chi connectivity index (χ3v) is 4.94. The number of guanidine groups is 1. The molecule has 0 spiro atoms. The minimum Gasteiger partial charge on any atom is -0.357 e. The van der Waals surface area contributed by atoms with Crippen molar-refractivity contribution in [2.45, 2.75) is 64.7 Å². The first kappa shape index (κ1) is 21.5. The highest BCUT2D eigenvalue weighted by molar-refractivity contribution is 14.0. The van der Waals surface area contributed by atoms with Gasteiger partial charge in [0.15, 0.2) is 5.96 Å². The van der Waals surface area contributed by atoms with E-state index in [-0.39, 0.29) is 24.0 Å². The van der Waals surface area contributed by atoms with Gasteiger partial charge in [0.05, 0.1) is 0 Å². The van der Waals surface area contributed by atoms with E-state index in [9.17, 15) is 4.79 Å². The number of hydrogen-bond donors (Lipinski definition) is 2.